The van der Waals surface area contributed by atoms with E-state index in [2.05, 4.69) is 15.3 Å². The van der Waals surface area contributed by atoms with E-state index >= 15 is 0 Å². The van der Waals surface area contributed by atoms with Gasteiger partial charge in [0.25, 0.3) is 0 Å². The standard InChI is InChI=1S/C13H11Cl2N3OS/c1-8-9(14)6-17-13(12(8)15)18-10(19)7-20-11-4-2-3-5-16-11/h2-6H,7H2,1H3,(H,17,18,19). The van der Waals surface area contributed by atoms with Gasteiger partial charge in [0.1, 0.15) is 0 Å². The van der Waals surface area contributed by atoms with Crippen LogP contribution in [0.3, 0.4) is 0 Å². The Labute approximate surface area is 130 Å². The summed E-state index contributed by atoms with van der Waals surface area (Å²) < 4.78 is 0. The summed E-state index contributed by atoms with van der Waals surface area (Å²) in [6.45, 7) is 1.77. The number of hydrogen-bond donors (Lipinski definition) is 1. The molecule has 0 bridgehead atoms. The molecule has 2 aromatic rings. The van der Waals surface area contributed by atoms with E-state index in [1.54, 1.807) is 13.1 Å². The summed E-state index contributed by atoms with van der Waals surface area (Å²) in [4.78, 5) is 20.0. The molecule has 0 aliphatic heterocycles. The number of nitrogens with one attached hydrogen (secondary N) is 1. The Balaban J connectivity index is 1.97. The van der Waals surface area contributed by atoms with Gasteiger partial charge in [0, 0.05) is 12.4 Å². The molecule has 0 unspecified atom stereocenters. The monoisotopic (exact) mass is 327 g/mol. The van der Waals surface area contributed by atoms with Gasteiger partial charge in [-0.3, -0.25) is 4.79 Å². The molecule has 2 heterocycles. The lowest BCUT2D eigenvalue weighted by atomic mass is 10.3. The van der Waals surface area contributed by atoms with Gasteiger partial charge in [0.15, 0.2) is 5.82 Å². The zero-order chi connectivity index (χ0) is 14.5. The molecule has 2 aromatic heterocycles. The summed E-state index contributed by atoms with van der Waals surface area (Å²) in [6, 6.07) is 5.54. The van der Waals surface area contributed by atoms with Crippen LogP contribution in [0.1, 0.15) is 5.56 Å². The number of thioether (sulfide) groups is 1. The van der Waals surface area contributed by atoms with Crippen molar-refractivity contribution in [3.8, 4) is 0 Å². The number of carbonyl (C=O) groups excluding carboxylic acids is 1. The molecule has 0 aliphatic rings. The highest BCUT2D eigenvalue weighted by molar-refractivity contribution is 7.99. The van der Waals surface area contributed by atoms with E-state index in [0.717, 1.165) is 5.03 Å². The molecule has 1 amide bonds. The van der Waals surface area contributed by atoms with Crippen LogP contribution in [0, 0.1) is 6.92 Å². The van der Waals surface area contributed by atoms with Crippen molar-refractivity contribution < 1.29 is 4.79 Å². The van der Waals surface area contributed by atoms with E-state index < -0.39 is 0 Å². The van der Waals surface area contributed by atoms with E-state index in [9.17, 15) is 4.79 Å². The molecular formula is C13H11Cl2N3OS. The zero-order valence-corrected chi connectivity index (χ0v) is 12.9. The van der Waals surface area contributed by atoms with E-state index in [1.807, 2.05) is 18.2 Å². The van der Waals surface area contributed by atoms with Gasteiger partial charge in [-0.05, 0) is 24.6 Å². The number of halogens is 2. The molecule has 0 radical (unpaired) electrons. The first-order valence-corrected chi connectivity index (χ1v) is 7.46. The van der Waals surface area contributed by atoms with Crippen molar-refractivity contribution in [3.63, 3.8) is 0 Å². The Bertz CT molecular complexity index is 623. The van der Waals surface area contributed by atoms with Gasteiger partial charge in [-0.2, -0.15) is 0 Å². The molecule has 0 aromatic carbocycles. The fourth-order valence-electron chi connectivity index (χ4n) is 1.38. The summed E-state index contributed by atoms with van der Waals surface area (Å²) >= 11 is 13.3. The van der Waals surface area contributed by atoms with Crippen LogP contribution in [0.2, 0.25) is 10.0 Å². The van der Waals surface area contributed by atoms with Gasteiger partial charge in [-0.25, -0.2) is 9.97 Å². The fourth-order valence-corrected chi connectivity index (χ4v) is 2.44. The predicted molar refractivity (Wildman–Crippen MR) is 82.6 cm³/mol. The van der Waals surface area contributed by atoms with Crippen molar-refractivity contribution in [2.24, 2.45) is 0 Å². The van der Waals surface area contributed by atoms with Crippen LogP contribution >= 0.6 is 35.0 Å². The highest BCUT2D eigenvalue weighted by atomic mass is 35.5. The van der Waals surface area contributed by atoms with Crippen molar-refractivity contribution in [2.75, 3.05) is 11.1 Å². The minimum atomic E-state index is -0.197. The van der Waals surface area contributed by atoms with Crippen LogP contribution in [-0.4, -0.2) is 21.6 Å². The molecule has 1 N–H and O–H groups in total. The molecule has 7 heteroatoms. The number of aromatic nitrogens is 2. The summed E-state index contributed by atoms with van der Waals surface area (Å²) in [7, 11) is 0. The third-order valence-corrected chi connectivity index (χ3v) is 4.24. The van der Waals surface area contributed by atoms with Gasteiger partial charge < -0.3 is 5.32 Å². The Morgan fingerprint density at radius 1 is 1.35 bits per heavy atom. The summed E-state index contributed by atoms with van der Waals surface area (Å²) in [5.41, 5.74) is 0.691. The van der Waals surface area contributed by atoms with Crippen LogP contribution in [0.4, 0.5) is 5.82 Å². The van der Waals surface area contributed by atoms with Crippen LogP contribution in [0.5, 0.6) is 0 Å². The molecule has 4 nitrogen and oxygen atoms in total. The number of anilines is 1. The lowest BCUT2D eigenvalue weighted by Crippen LogP contribution is -2.15. The van der Waals surface area contributed by atoms with Gasteiger partial charge in [-0.15, -0.1) is 0 Å². The van der Waals surface area contributed by atoms with E-state index in [4.69, 9.17) is 23.2 Å². The topological polar surface area (TPSA) is 54.9 Å². The first-order chi connectivity index (χ1) is 9.58. The number of rotatable bonds is 4. The summed E-state index contributed by atoms with van der Waals surface area (Å²) in [6.07, 6.45) is 3.14. The average Bonchev–Trinajstić information content (AvgIpc) is 2.47. The lowest BCUT2D eigenvalue weighted by Gasteiger charge is -2.08. The van der Waals surface area contributed by atoms with Crippen LogP contribution < -0.4 is 5.32 Å². The zero-order valence-electron chi connectivity index (χ0n) is 10.6. The second-order valence-electron chi connectivity index (χ2n) is 3.90. The molecule has 2 rings (SSSR count). The number of amides is 1. The summed E-state index contributed by atoms with van der Waals surface area (Å²) in [5.74, 6) is 0.355. The van der Waals surface area contributed by atoms with E-state index in [-0.39, 0.29) is 11.7 Å². The van der Waals surface area contributed by atoms with Crippen molar-refractivity contribution >= 4 is 46.7 Å². The number of hydrogen-bond acceptors (Lipinski definition) is 4. The molecule has 0 saturated heterocycles. The molecule has 0 saturated carbocycles. The van der Waals surface area contributed by atoms with Crippen LogP contribution in [0.25, 0.3) is 0 Å². The molecule has 20 heavy (non-hydrogen) atoms. The highest BCUT2D eigenvalue weighted by Crippen LogP contribution is 2.28. The largest absolute Gasteiger partial charge is 0.309 e. The normalized spacial score (nSPS) is 10.3. The van der Waals surface area contributed by atoms with Gasteiger partial charge in [0.2, 0.25) is 5.91 Å². The molecule has 0 spiro atoms. The predicted octanol–water partition coefficient (Wildman–Crippen LogP) is 3.82. The maximum absolute atomic E-state index is 11.8. The molecule has 0 fully saturated rings. The van der Waals surface area contributed by atoms with Crippen LogP contribution in [0.15, 0.2) is 35.6 Å². The minimum absolute atomic E-state index is 0.197. The van der Waals surface area contributed by atoms with Gasteiger partial charge in [0.05, 0.1) is 20.8 Å². The lowest BCUT2D eigenvalue weighted by molar-refractivity contribution is -0.113. The second kappa shape index (κ2) is 6.92. The fraction of sp³-hybridized carbons (Fsp3) is 0.154. The van der Waals surface area contributed by atoms with Gasteiger partial charge in [-0.1, -0.05) is 41.0 Å². The molecule has 0 aliphatic carbocycles. The maximum Gasteiger partial charge on any atom is 0.235 e. The third kappa shape index (κ3) is 3.85. The van der Waals surface area contributed by atoms with E-state index in [1.165, 1.54) is 18.0 Å². The Kier molecular flexibility index (Phi) is 5.23. The molecular weight excluding hydrogens is 317 g/mol. The average molecular weight is 328 g/mol. The molecule has 0 atom stereocenters. The van der Waals surface area contributed by atoms with Gasteiger partial charge >= 0.3 is 0 Å². The molecule has 104 valence electrons. The Morgan fingerprint density at radius 2 is 2.15 bits per heavy atom. The summed E-state index contributed by atoms with van der Waals surface area (Å²) in [5, 5.41) is 4.27. The maximum atomic E-state index is 11.8. The third-order valence-electron chi connectivity index (χ3n) is 2.45. The first kappa shape index (κ1) is 15.1. The van der Waals surface area contributed by atoms with Crippen LogP contribution in [-0.2, 0) is 4.79 Å². The van der Waals surface area contributed by atoms with Crippen molar-refractivity contribution in [1.82, 2.24) is 9.97 Å². The Hall–Kier alpha value is -1.30. The van der Waals surface area contributed by atoms with Crippen molar-refractivity contribution in [3.05, 3.63) is 46.2 Å². The number of nitrogens with zero attached hydrogens (tertiary/aromatic N) is 2. The number of carbonyl (C=O) groups is 1. The van der Waals surface area contributed by atoms with Crippen molar-refractivity contribution in [1.29, 1.82) is 0 Å². The second-order valence-corrected chi connectivity index (χ2v) is 5.68. The number of pyridine rings is 2. The highest BCUT2D eigenvalue weighted by Gasteiger charge is 2.11. The first-order valence-electron chi connectivity index (χ1n) is 5.72. The van der Waals surface area contributed by atoms with E-state index in [0.29, 0.717) is 21.4 Å². The minimum Gasteiger partial charge on any atom is -0.309 e. The Morgan fingerprint density at radius 3 is 2.85 bits per heavy atom. The smallest absolute Gasteiger partial charge is 0.235 e. The van der Waals surface area contributed by atoms with Crippen molar-refractivity contribution in [2.45, 2.75) is 11.9 Å². The SMILES string of the molecule is Cc1c(Cl)cnc(NC(=O)CSc2ccccn2)c1Cl. The quantitative estimate of drug-likeness (QED) is 0.867.